The van der Waals surface area contributed by atoms with Crippen molar-refractivity contribution >= 4 is 24.1 Å². The summed E-state index contributed by atoms with van der Waals surface area (Å²) in [6.07, 6.45) is 6.85. The lowest BCUT2D eigenvalue weighted by atomic mass is 9.59. The first-order valence-electron chi connectivity index (χ1n) is 11.5. The van der Waals surface area contributed by atoms with Crippen molar-refractivity contribution < 1.29 is 9.53 Å². The average molecular weight is 444 g/mol. The molecule has 1 amide bonds. The molecule has 2 N–H and O–H groups in total. The summed E-state index contributed by atoms with van der Waals surface area (Å²) in [6, 6.07) is 1.32. The fraction of sp³-hybridized carbons (Fsp3) is 0.955. The maximum Gasteiger partial charge on any atom is 0.409 e. The van der Waals surface area contributed by atoms with Gasteiger partial charge in [-0.05, 0) is 82.7 Å². The van der Waals surface area contributed by atoms with Gasteiger partial charge in [0.05, 0.1) is 7.11 Å². The molecule has 7 heteroatoms. The first kappa shape index (κ1) is 23.7. The van der Waals surface area contributed by atoms with Crippen molar-refractivity contribution in [1.29, 1.82) is 0 Å². The van der Waals surface area contributed by atoms with E-state index >= 15 is 0 Å². The average Bonchev–Trinajstić information content (AvgIpc) is 3.05. The molecule has 2 aliphatic heterocycles. The summed E-state index contributed by atoms with van der Waals surface area (Å²) in [5, 5.41) is 0. The quantitative estimate of drug-likeness (QED) is 0.655. The Morgan fingerprint density at radius 3 is 2.52 bits per heavy atom. The Kier molecular flexibility index (Phi) is 7.91. The number of ether oxygens (including phenoxy) is 1. The van der Waals surface area contributed by atoms with Crippen LogP contribution in [0, 0.1) is 29.1 Å². The van der Waals surface area contributed by atoms with Crippen LogP contribution in [0.15, 0.2) is 0 Å². The lowest BCUT2D eigenvalue weighted by molar-refractivity contribution is 0.0194. The second kappa shape index (κ2) is 9.68. The molecule has 10 atom stereocenters. The molecule has 1 saturated carbocycles. The normalized spacial score (nSPS) is 45.3. The van der Waals surface area contributed by atoms with Crippen LogP contribution in [0.3, 0.4) is 0 Å². The zero-order chi connectivity index (χ0) is 21.3. The van der Waals surface area contributed by atoms with Gasteiger partial charge in [0, 0.05) is 31.2 Å². The van der Waals surface area contributed by atoms with E-state index in [0.717, 1.165) is 47.0 Å². The predicted molar refractivity (Wildman–Crippen MR) is 127 cm³/mol. The Bertz CT molecular complexity index is 572. The summed E-state index contributed by atoms with van der Waals surface area (Å²) in [5.41, 5.74) is 6.40. The number of hydrogen-bond donors (Lipinski definition) is 1. The maximum absolute atomic E-state index is 12.4. The van der Waals surface area contributed by atoms with E-state index in [-0.39, 0.29) is 17.6 Å². The molecule has 1 spiro atoms. The lowest BCUT2D eigenvalue weighted by Gasteiger charge is -2.51. The van der Waals surface area contributed by atoms with Gasteiger partial charge in [-0.1, -0.05) is 20.8 Å². The van der Waals surface area contributed by atoms with E-state index < -0.39 is 0 Å². The molecule has 5 nitrogen and oxygen atoms in total. The van der Waals surface area contributed by atoms with Gasteiger partial charge in [0.2, 0.25) is 0 Å². The maximum atomic E-state index is 12.4. The van der Waals surface area contributed by atoms with Crippen molar-refractivity contribution in [3.8, 4) is 0 Å². The smallest absolute Gasteiger partial charge is 0.409 e. The highest BCUT2D eigenvalue weighted by Gasteiger charge is 2.54. The van der Waals surface area contributed by atoms with Gasteiger partial charge in [-0.25, -0.2) is 4.79 Å². The van der Waals surface area contributed by atoms with Crippen molar-refractivity contribution in [2.24, 2.45) is 34.8 Å². The number of hydrogen-bond acceptors (Lipinski definition) is 4. The second-order valence-electron chi connectivity index (χ2n) is 10.2. The summed E-state index contributed by atoms with van der Waals surface area (Å²) in [7, 11) is 5.42. The van der Waals surface area contributed by atoms with E-state index in [2.05, 4.69) is 41.6 Å². The Morgan fingerprint density at radius 2 is 1.93 bits per heavy atom. The highest BCUT2D eigenvalue weighted by Crippen LogP contribution is 2.54. The fourth-order valence-electron chi connectivity index (χ4n) is 6.85. The zero-order valence-electron chi connectivity index (χ0n) is 19.1. The third-order valence-electron chi connectivity index (χ3n) is 8.37. The number of rotatable bonds is 2. The van der Waals surface area contributed by atoms with Crippen molar-refractivity contribution in [3.63, 3.8) is 0 Å². The molecule has 10 unspecified atom stereocenters. The number of nitrogens with zero attached hydrogens (tertiary/aromatic N) is 2. The highest BCUT2D eigenvalue weighted by molar-refractivity contribution is 7.35. The van der Waals surface area contributed by atoms with Crippen LogP contribution in [-0.4, -0.2) is 66.3 Å². The molecule has 2 heterocycles. The van der Waals surface area contributed by atoms with E-state index in [1.54, 1.807) is 0 Å². The SMILES string of the molecule is COC(=O)N1CC2(CC1C)C(C)CC(C)C(N1CCC(N)CP1)C(C)CC2CP. The van der Waals surface area contributed by atoms with E-state index in [0.29, 0.717) is 35.8 Å². The first-order chi connectivity index (χ1) is 13.7. The van der Waals surface area contributed by atoms with Gasteiger partial charge in [0.15, 0.2) is 0 Å². The van der Waals surface area contributed by atoms with Gasteiger partial charge in [0.25, 0.3) is 0 Å². The standard InChI is InChI=1S/C22H43N3O2P2/c1-14-8-16(3)22(10-17(4)24(13-22)21(26)27-5)18(11-28)9-15(2)20(14)25-7-6-19(23)12-29-25/h14-20,29H,6-13,23,28H2,1-5H3. The Morgan fingerprint density at radius 1 is 1.24 bits per heavy atom. The minimum atomic E-state index is -0.157. The molecule has 0 bridgehead atoms. The number of carbonyl (C=O) groups is 1. The van der Waals surface area contributed by atoms with Gasteiger partial charge in [0.1, 0.15) is 0 Å². The molecule has 3 aliphatic rings. The van der Waals surface area contributed by atoms with Crippen molar-refractivity contribution in [1.82, 2.24) is 9.57 Å². The van der Waals surface area contributed by atoms with Crippen LogP contribution < -0.4 is 5.73 Å². The van der Waals surface area contributed by atoms with Crippen LogP contribution >= 0.6 is 18.0 Å². The van der Waals surface area contributed by atoms with Gasteiger partial charge in [-0.2, -0.15) is 0 Å². The summed E-state index contributed by atoms with van der Waals surface area (Å²) in [4.78, 5) is 14.4. The fourth-order valence-corrected chi connectivity index (χ4v) is 9.19. The van der Waals surface area contributed by atoms with Crippen LogP contribution in [0.1, 0.15) is 53.4 Å². The summed E-state index contributed by atoms with van der Waals surface area (Å²) >= 11 is 0. The van der Waals surface area contributed by atoms with Gasteiger partial charge >= 0.3 is 6.09 Å². The molecule has 2 saturated heterocycles. The van der Waals surface area contributed by atoms with Gasteiger partial charge < -0.3 is 15.4 Å². The van der Waals surface area contributed by atoms with Crippen molar-refractivity contribution in [2.75, 3.05) is 32.5 Å². The molecule has 168 valence electrons. The Hall–Kier alpha value is 0.0500. The van der Waals surface area contributed by atoms with Crippen LogP contribution in [-0.2, 0) is 4.74 Å². The number of likely N-dealkylation sites (tertiary alicyclic amines) is 1. The molecular weight excluding hydrogens is 400 g/mol. The van der Waals surface area contributed by atoms with E-state index in [1.807, 2.05) is 4.90 Å². The van der Waals surface area contributed by atoms with Gasteiger partial charge in [-0.3, -0.25) is 4.67 Å². The molecule has 3 fully saturated rings. The third kappa shape index (κ3) is 4.64. The second-order valence-corrected chi connectivity index (χ2v) is 12.0. The summed E-state index contributed by atoms with van der Waals surface area (Å²) < 4.78 is 7.89. The summed E-state index contributed by atoms with van der Waals surface area (Å²) in [6.45, 7) is 11.6. The minimum absolute atomic E-state index is 0.157. The van der Waals surface area contributed by atoms with Crippen molar-refractivity contribution in [2.45, 2.75) is 71.5 Å². The van der Waals surface area contributed by atoms with Gasteiger partial charge in [-0.15, -0.1) is 9.24 Å². The Labute approximate surface area is 182 Å². The summed E-state index contributed by atoms with van der Waals surface area (Å²) in [5.74, 6) is 2.57. The zero-order valence-corrected chi connectivity index (χ0v) is 21.2. The topological polar surface area (TPSA) is 58.8 Å². The molecular formula is C22H43N3O2P2. The third-order valence-corrected chi connectivity index (χ3v) is 10.6. The number of amides is 1. The largest absolute Gasteiger partial charge is 0.453 e. The van der Waals surface area contributed by atoms with Crippen LogP contribution in [0.4, 0.5) is 4.79 Å². The van der Waals surface area contributed by atoms with E-state index in [4.69, 9.17) is 10.5 Å². The van der Waals surface area contributed by atoms with Crippen LogP contribution in [0.2, 0.25) is 0 Å². The highest BCUT2D eigenvalue weighted by atomic mass is 31.1. The Balaban J connectivity index is 1.84. The van der Waals surface area contributed by atoms with Crippen molar-refractivity contribution in [3.05, 3.63) is 0 Å². The molecule has 29 heavy (non-hydrogen) atoms. The van der Waals surface area contributed by atoms with Crippen LogP contribution in [0.5, 0.6) is 0 Å². The molecule has 0 radical (unpaired) electrons. The van der Waals surface area contributed by atoms with E-state index in [1.165, 1.54) is 20.0 Å². The molecule has 0 aromatic carbocycles. The number of nitrogens with two attached hydrogens (primary N) is 1. The number of methoxy groups -OCH3 is 1. The molecule has 0 aromatic rings. The van der Waals surface area contributed by atoms with E-state index in [9.17, 15) is 4.79 Å². The van der Waals surface area contributed by atoms with Crippen LogP contribution in [0.25, 0.3) is 0 Å². The first-order valence-corrected chi connectivity index (χ1v) is 13.5. The minimum Gasteiger partial charge on any atom is -0.453 e. The lowest BCUT2D eigenvalue weighted by Crippen LogP contribution is -2.51. The monoisotopic (exact) mass is 443 g/mol. The molecule has 1 aliphatic carbocycles. The molecule has 0 aromatic heterocycles. The predicted octanol–water partition coefficient (Wildman–Crippen LogP) is 4.02. The molecule has 3 rings (SSSR count). The number of carbonyl (C=O) groups excluding carboxylic acids is 1.